The van der Waals surface area contributed by atoms with Crippen molar-refractivity contribution in [1.82, 2.24) is 9.13 Å². The van der Waals surface area contributed by atoms with Crippen LogP contribution in [0.3, 0.4) is 0 Å². The third-order valence-corrected chi connectivity index (χ3v) is 2.98. The number of fused-ring (bicyclic) bond motifs is 1. The zero-order valence-electron chi connectivity index (χ0n) is 9.81. The summed E-state index contributed by atoms with van der Waals surface area (Å²) in [6.45, 7) is 3.79. The minimum Gasteiger partial charge on any atom is -0.279 e. The van der Waals surface area contributed by atoms with Gasteiger partial charge in [0.25, 0.3) is 5.56 Å². The topological polar surface area (TPSA) is 68.7 Å². The monoisotopic (exact) mass is 222 g/mol. The Morgan fingerprint density at radius 2 is 1.81 bits per heavy atom. The molecule has 1 aliphatic heterocycles. The molecule has 6 nitrogen and oxygen atoms in total. The van der Waals surface area contributed by atoms with E-state index >= 15 is 0 Å². The lowest BCUT2D eigenvalue weighted by atomic mass is 10.2. The molecule has 0 aromatic carbocycles. The van der Waals surface area contributed by atoms with Crippen molar-refractivity contribution in [2.24, 2.45) is 24.1 Å². The molecule has 2 heterocycles. The van der Waals surface area contributed by atoms with E-state index < -0.39 is 5.66 Å². The van der Waals surface area contributed by atoms with Gasteiger partial charge in [-0.25, -0.2) is 14.8 Å². The molecule has 0 radical (unpaired) electrons. The van der Waals surface area contributed by atoms with Crippen LogP contribution in [0.2, 0.25) is 0 Å². The summed E-state index contributed by atoms with van der Waals surface area (Å²) in [6, 6.07) is 0. The molecule has 0 amide bonds. The van der Waals surface area contributed by atoms with Crippen LogP contribution in [0.1, 0.15) is 20.3 Å². The minimum absolute atomic E-state index is 0.286. The Bertz CT molecular complexity index is 682. The van der Waals surface area contributed by atoms with Gasteiger partial charge in [-0.3, -0.25) is 13.9 Å². The molecule has 1 unspecified atom stereocenters. The van der Waals surface area contributed by atoms with Gasteiger partial charge >= 0.3 is 5.69 Å². The first-order chi connectivity index (χ1) is 7.39. The van der Waals surface area contributed by atoms with Gasteiger partial charge in [-0.1, -0.05) is 6.92 Å². The summed E-state index contributed by atoms with van der Waals surface area (Å²) in [6.07, 6.45) is 0.693. The standard InChI is InChI=1S/C10H14N4O2/c1-5-10(2)11-6-7(12-10)13(3)9(16)14(4)8(6)15/h5H2,1-4H3. The van der Waals surface area contributed by atoms with Crippen molar-refractivity contribution in [2.45, 2.75) is 25.9 Å². The molecule has 0 saturated carbocycles. The van der Waals surface area contributed by atoms with Crippen molar-refractivity contribution < 1.29 is 0 Å². The summed E-state index contributed by atoms with van der Waals surface area (Å²) in [4.78, 5) is 32.2. The second-order valence-electron chi connectivity index (χ2n) is 4.17. The third-order valence-electron chi connectivity index (χ3n) is 2.98. The molecule has 0 N–H and O–H groups in total. The first-order valence-electron chi connectivity index (χ1n) is 5.15. The molecular formula is C10H14N4O2. The highest BCUT2D eigenvalue weighted by atomic mass is 16.2. The van der Waals surface area contributed by atoms with Gasteiger partial charge < -0.3 is 0 Å². The smallest absolute Gasteiger partial charge is 0.279 e. The number of nitrogens with zero attached hydrogens (tertiary/aromatic N) is 4. The predicted octanol–water partition coefficient (Wildman–Crippen LogP) is -1.54. The summed E-state index contributed by atoms with van der Waals surface area (Å²) in [7, 11) is 3.04. The van der Waals surface area contributed by atoms with Gasteiger partial charge in [0.15, 0.2) is 16.5 Å². The van der Waals surface area contributed by atoms with Gasteiger partial charge in [-0.15, -0.1) is 0 Å². The van der Waals surface area contributed by atoms with E-state index in [0.29, 0.717) is 11.9 Å². The fraction of sp³-hybridized carbons (Fsp3) is 0.600. The Balaban J connectivity index is 3.04. The Labute approximate surface area is 91.6 Å². The number of hydrogen-bond donors (Lipinski definition) is 0. The lowest BCUT2D eigenvalue weighted by Gasteiger charge is -2.12. The molecule has 0 spiro atoms. The van der Waals surface area contributed by atoms with Gasteiger partial charge in [-0.2, -0.15) is 0 Å². The summed E-state index contributed by atoms with van der Waals surface area (Å²) in [5, 5.41) is 0.286. The van der Waals surface area contributed by atoms with Crippen molar-refractivity contribution in [1.29, 1.82) is 0 Å². The summed E-state index contributed by atoms with van der Waals surface area (Å²) in [5.74, 6) is 0. The lowest BCUT2D eigenvalue weighted by molar-refractivity contribution is 0.472. The van der Waals surface area contributed by atoms with Crippen LogP contribution in [-0.4, -0.2) is 14.8 Å². The molecule has 6 heteroatoms. The molecule has 16 heavy (non-hydrogen) atoms. The average Bonchev–Trinajstić information content (AvgIpc) is 2.63. The van der Waals surface area contributed by atoms with E-state index in [9.17, 15) is 9.59 Å². The van der Waals surface area contributed by atoms with Crippen LogP contribution >= 0.6 is 0 Å². The molecule has 0 aliphatic carbocycles. The molecular weight excluding hydrogens is 208 g/mol. The Morgan fingerprint density at radius 3 is 2.38 bits per heavy atom. The fourth-order valence-corrected chi connectivity index (χ4v) is 1.69. The second kappa shape index (κ2) is 3.13. The van der Waals surface area contributed by atoms with Crippen molar-refractivity contribution in [3.8, 4) is 0 Å². The van der Waals surface area contributed by atoms with Crippen LogP contribution in [0.15, 0.2) is 19.6 Å². The van der Waals surface area contributed by atoms with Crippen LogP contribution in [0.25, 0.3) is 0 Å². The molecule has 86 valence electrons. The van der Waals surface area contributed by atoms with E-state index in [4.69, 9.17) is 0 Å². The lowest BCUT2D eigenvalue weighted by Crippen LogP contribution is -2.55. The molecule has 0 fully saturated rings. The second-order valence-corrected chi connectivity index (χ2v) is 4.17. The molecule has 1 aromatic heterocycles. The minimum atomic E-state index is -0.611. The summed E-state index contributed by atoms with van der Waals surface area (Å²) >= 11 is 0. The van der Waals surface area contributed by atoms with E-state index in [0.717, 1.165) is 4.57 Å². The maximum atomic E-state index is 11.8. The zero-order chi connectivity index (χ0) is 12.1. The van der Waals surface area contributed by atoms with Crippen molar-refractivity contribution in [2.75, 3.05) is 0 Å². The Morgan fingerprint density at radius 1 is 1.19 bits per heavy atom. The average molecular weight is 222 g/mol. The highest BCUT2D eigenvalue weighted by Crippen LogP contribution is 2.15. The Kier molecular flexibility index (Phi) is 2.11. The van der Waals surface area contributed by atoms with Crippen molar-refractivity contribution in [3.05, 3.63) is 31.7 Å². The van der Waals surface area contributed by atoms with Crippen molar-refractivity contribution >= 4 is 0 Å². The van der Waals surface area contributed by atoms with Gasteiger partial charge in [-0.05, 0) is 13.3 Å². The SMILES string of the molecule is CCC1(C)N=c2c(=O)n(C)c(=O)n(C)c2=N1. The summed E-state index contributed by atoms with van der Waals surface area (Å²) < 4.78 is 2.42. The Hall–Kier alpha value is -1.72. The molecule has 1 aliphatic rings. The number of aromatic nitrogens is 2. The van der Waals surface area contributed by atoms with E-state index in [1.807, 2.05) is 13.8 Å². The maximum absolute atomic E-state index is 11.8. The molecule has 0 saturated heterocycles. The largest absolute Gasteiger partial charge is 0.332 e. The van der Waals surface area contributed by atoms with Gasteiger partial charge in [0.05, 0.1) is 0 Å². The molecule has 0 bridgehead atoms. The van der Waals surface area contributed by atoms with E-state index in [1.54, 1.807) is 7.05 Å². The number of rotatable bonds is 1. The third kappa shape index (κ3) is 1.26. The predicted molar refractivity (Wildman–Crippen MR) is 57.9 cm³/mol. The van der Waals surface area contributed by atoms with Crippen LogP contribution < -0.4 is 22.1 Å². The van der Waals surface area contributed by atoms with Crippen molar-refractivity contribution in [3.63, 3.8) is 0 Å². The molecule has 2 rings (SSSR count). The van der Waals surface area contributed by atoms with E-state index in [1.165, 1.54) is 11.6 Å². The van der Waals surface area contributed by atoms with Crippen LogP contribution in [0.4, 0.5) is 0 Å². The highest BCUT2D eigenvalue weighted by molar-refractivity contribution is 4.97. The van der Waals surface area contributed by atoms with Gasteiger partial charge in [0, 0.05) is 14.1 Å². The summed E-state index contributed by atoms with van der Waals surface area (Å²) in [5.41, 5.74) is -0.973. The first-order valence-corrected chi connectivity index (χ1v) is 5.15. The van der Waals surface area contributed by atoms with Gasteiger partial charge in [0.1, 0.15) is 0 Å². The number of hydrogen-bond acceptors (Lipinski definition) is 4. The molecule has 1 aromatic rings. The van der Waals surface area contributed by atoms with Crippen LogP contribution in [0, 0.1) is 0 Å². The normalized spacial score (nSPS) is 22.5. The van der Waals surface area contributed by atoms with Crippen LogP contribution in [0.5, 0.6) is 0 Å². The van der Waals surface area contributed by atoms with E-state index in [2.05, 4.69) is 9.98 Å². The van der Waals surface area contributed by atoms with Crippen LogP contribution in [-0.2, 0) is 14.1 Å². The first kappa shape index (κ1) is 10.8. The maximum Gasteiger partial charge on any atom is 0.332 e. The fourth-order valence-electron chi connectivity index (χ4n) is 1.69. The molecule has 1 atom stereocenters. The quantitative estimate of drug-likeness (QED) is 0.578. The van der Waals surface area contributed by atoms with Gasteiger partial charge in [0.2, 0.25) is 0 Å². The van der Waals surface area contributed by atoms with E-state index in [-0.39, 0.29) is 16.6 Å². The highest BCUT2D eigenvalue weighted by Gasteiger charge is 2.25. The zero-order valence-corrected chi connectivity index (χ0v) is 9.81.